The van der Waals surface area contributed by atoms with E-state index in [2.05, 4.69) is 5.32 Å². The van der Waals surface area contributed by atoms with Crippen LogP contribution < -0.4 is 5.32 Å². The normalized spacial score (nSPS) is 21.2. The molecule has 7 heteroatoms. The quantitative estimate of drug-likeness (QED) is 0.850. The van der Waals surface area contributed by atoms with Gasteiger partial charge in [-0.2, -0.15) is 0 Å². The van der Waals surface area contributed by atoms with Crippen molar-refractivity contribution in [3.8, 4) is 0 Å². The van der Waals surface area contributed by atoms with E-state index < -0.39 is 0 Å². The smallest absolute Gasteiger partial charge is 0.253 e. The minimum Gasteiger partial charge on any atom is -0.340 e. The number of hydrogen-bond donors (Lipinski definition) is 1. The molecular weight excluding hydrogens is 361 g/mol. The highest BCUT2D eigenvalue weighted by Crippen LogP contribution is 2.16. The maximum absolute atomic E-state index is 12.6. The van der Waals surface area contributed by atoms with Crippen LogP contribution in [0.3, 0.4) is 0 Å². The first kappa shape index (κ1) is 20.0. The Morgan fingerprint density at radius 1 is 1.04 bits per heavy atom. The van der Waals surface area contributed by atoms with Crippen LogP contribution in [0.5, 0.6) is 0 Å². The predicted molar refractivity (Wildman–Crippen MR) is 101 cm³/mol. The zero-order chi connectivity index (χ0) is 16.9. The second-order valence-electron chi connectivity index (χ2n) is 6.48. The van der Waals surface area contributed by atoms with Crippen LogP contribution in [0.15, 0.2) is 24.3 Å². The summed E-state index contributed by atoms with van der Waals surface area (Å²) in [6, 6.07) is 6.99. The highest BCUT2D eigenvalue weighted by atomic mass is 35.5. The third-order valence-electron chi connectivity index (χ3n) is 4.77. The fraction of sp³-hybridized carbons (Fsp3) is 0.556. The zero-order valence-corrected chi connectivity index (χ0v) is 15.8. The molecule has 1 unspecified atom stereocenters. The van der Waals surface area contributed by atoms with Crippen molar-refractivity contribution in [3.05, 3.63) is 34.9 Å². The molecule has 0 radical (unpaired) electrons. The summed E-state index contributed by atoms with van der Waals surface area (Å²) in [5.41, 5.74) is 0.608. The molecule has 1 N–H and O–H groups in total. The molecule has 0 saturated carbocycles. The molecule has 3 rings (SSSR count). The van der Waals surface area contributed by atoms with E-state index in [9.17, 15) is 9.59 Å². The molecule has 1 atom stereocenters. The van der Waals surface area contributed by atoms with Crippen molar-refractivity contribution >= 4 is 35.8 Å². The second kappa shape index (κ2) is 9.41. The van der Waals surface area contributed by atoms with Crippen LogP contribution in [0.25, 0.3) is 0 Å². The third-order valence-corrected chi connectivity index (χ3v) is 5.01. The molecule has 1 aromatic carbocycles. The first-order valence-corrected chi connectivity index (χ1v) is 9.10. The minimum absolute atomic E-state index is 0. The van der Waals surface area contributed by atoms with Crippen molar-refractivity contribution in [2.24, 2.45) is 0 Å². The van der Waals surface area contributed by atoms with Crippen LogP contribution >= 0.6 is 24.0 Å². The number of carbonyl (C=O) groups is 2. The van der Waals surface area contributed by atoms with E-state index in [1.165, 1.54) is 0 Å². The van der Waals surface area contributed by atoms with Crippen LogP contribution in [0.2, 0.25) is 5.02 Å². The van der Waals surface area contributed by atoms with Crippen molar-refractivity contribution in [1.82, 2.24) is 15.1 Å². The molecule has 2 aliphatic rings. The average Bonchev–Trinajstić information content (AvgIpc) is 2.87. The molecule has 2 fully saturated rings. The van der Waals surface area contributed by atoms with Crippen LogP contribution in [-0.4, -0.2) is 60.4 Å². The lowest BCUT2D eigenvalue weighted by Crippen LogP contribution is -2.49. The summed E-state index contributed by atoms with van der Waals surface area (Å²) in [5, 5.41) is 3.88. The van der Waals surface area contributed by atoms with Crippen LogP contribution in [0.4, 0.5) is 0 Å². The van der Waals surface area contributed by atoms with Gasteiger partial charge in [-0.15, -0.1) is 12.4 Å². The van der Waals surface area contributed by atoms with Gasteiger partial charge in [-0.1, -0.05) is 24.1 Å². The van der Waals surface area contributed by atoms with E-state index >= 15 is 0 Å². The predicted octanol–water partition coefficient (Wildman–Crippen LogP) is 2.58. The molecule has 2 saturated heterocycles. The standard InChI is InChI=1S/C18H24ClN3O2.ClH/c19-15-6-3-5-14(13-15)17(23)21-9-4-10-22(12-11-21)18(24)16-7-1-2-8-20-16;/h3,5-6,13,16,20H,1-2,4,7-12H2;1H. The lowest BCUT2D eigenvalue weighted by atomic mass is 10.0. The number of carbonyl (C=O) groups excluding carboxylic acids is 2. The van der Waals surface area contributed by atoms with E-state index in [0.717, 1.165) is 38.8 Å². The molecule has 2 aliphatic heterocycles. The Kier molecular flexibility index (Phi) is 7.54. The number of hydrogen-bond acceptors (Lipinski definition) is 3. The van der Waals surface area contributed by atoms with E-state index in [-0.39, 0.29) is 30.3 Å². The van der Waals surface area contributed by atoms with Gasteiger partial charge >= 0.3 is 0 Å². The monoisotopic (exact) mass is 385 g/mol. The molecule has 2 amide bonds. The first-order chi connectivity index (χ1) is 11.6. The second-order valence-corrected chi connectivity index (χ2v) is 6.92. The van der Waals surface area contributed by atoms with E-state index in [0.29, 0.717) is 30.2 Å². The summed E-state index contributed by atoms with van der Waals surface area (Å²) in [6.07, 6.45) is 3.98. The summed E-state index contributed by atoms with van der Waals surface area (Å²) in [5.74, 6) is 0.175. The highest BCUT2D eigenvalue weighted by Gasteiger charge is 2.28. The lowest BCUT2D eigenvalue weighted by Gasteiger charge is -2.29. The number of nitrogens with zero attached hydrogens (tertiary/aromatic N) is 2. The van der Waals surface area contributed by atoms with Crippen molar-refractivity contribution in [2.45, 2.75) is 31.7 Å². The van der Waals surface area contributed by atoms with Crippen molar-refractivity contribution in [3.63, 3.8) is 0 Å². The number of rotatable bonds is 2. The van der Waals surface area contributed by atoms with E-state index in [1.54, 1.807) is 24.3 Å². The Balaban J connectivity index is 0.00000225. The van der Waals surface area contributed by atoms with E-state index in [1.807, 2.05) is 9.80 Å². The van der Waals surface area contributed by atoms with Gasteiger partial charge in [-0.25, -0.2) is 0 Å². The van der Waals surface area contributed by atoms with Gasteiger partial charge in [-0.3, -0.25) is 9.59 Å². The fourth-order valence-electron chi connectivity index (χ4n) is 3.43. The molecule has 1 aromatic rings. The van der Waals surface area contributed by atoms with Gasteiger partial charge in [0.05, 0.1) is 6.04 Å². The largest absolute Gasteiger partial charge is 0.340 e. The van der Waals surface area contributed by atoms with Crippen molar-refractivity contribution in [1.29, 1.82) is 0 Å². The Morgan fingerprint density at radius 2 is 1.80 bits per heavy atom. The zero-order valence-electron chi connectivity index (χ0n) is 14.2. The topological polar surface area (TPSA) is 52.7 Å². The van der Waals surface area contributed by atoms with Crippen LogP contribution in [-0.2, 0) is 4.79 Å². The molecule has 0 aromatic heterocycles. The van der Waals surface area contributed by atoms with E-state index in [4.69, 9.17) is 11.6 Å². The molecule has 138 valence electrons. The lowest BCUT2D eigenvalue weighted by molar-refractivity contribution is -0.133. The minimum atomic E-state index is -0.0473. The molecular formula is C18H25Cl2N3O2. The summed E-state index contributed by atoms with van der Waals surface area (Å²) >= 11 is 5.98. The summed E-state index contributed by atoms with van der Waals surface area (Å²) in [4.78, 5) is 29.0. The number of nitrogens with one attached hydrogen (secondary N) is 1. The Morgan fingerprint density at radius 3 is 2.52 bits per heavy atom. The maximum Gasteiger partial charge on any atom is 0.253 e. The van der Waals surface area contributed by atoms with Crippen LogP contribution in [0.1, 0.15) is 36.0 Å². The van der Waals surface area contributed by atoms with Gasteiger partial charge in [0.25, 0.3) is 5.91 Å². The number of amides is 2. The van der Waals surface area contributed by atoms with Gasteiger partial charge < -0.3 is 15.1 Å². The Bertz CT molecular complexity index is 606. The number of halogens is 2. The summed E-state index contributed by atoms with van der Waals surface area (Å²) in [6.45, 7) is 3.49. The maximum atomic E-state index is 12.6. The average molecular weight is 386 g/mol. The van der Waals surface area contributed by atoms with Crippen molar-refractivity contribution in [2.75, 3.05) is 32.7 Å². The SMILES string of the molecule is Cl.O=C(c1cccc(Cl)c1)N1CCCN(C(=O)C2CCCCN2)CC1. The highest BCUT2D eigenvalue weighted by molar-refractivity contribution is 6.30. The first-order valence-electron chi connectivity index (χ1n) is 8.72. The van der Waals surface area contributed by atoms with Gasteiger partial charge in [-0.05, 0) is 44.0 Å². The number of benzene rings is 1. The number of piperidine rings is 1. The summed E-state index contributed by atoms with van der Waals surface area (Å²) in [7, 11) is 0. The van der Waals surface area contributed by atoms with Crippen LogP contribution in [0, 0.1) is 0 Å². The molecule has 0 spiro atoms. The molecule has 25 heavy (non-hydrogen) atoms. The van der Waals surface area contributed by atoms with Gasteiger partial charge in [0.2, 0.25) is 5.91 Å². The fourth-order valence-corrected chi connectivity index (χ4v) is 3.62. The third kappa shape index (κ3) is 5.09. The summed E-state index contributed by atoms with van der Waals surface area (Å²) < 4.78 is 0. The van der Waals surface area contributed by atoms with Gasteiger partial charge in [0.1, 0.15) is 0 Å². The molecule has 0 bridgehead atoms. The molecule has 5 nitrogen and oxygen atoms in total. The Hall–Kier alpha value is -1.30. The molecule has 2 heterocycles. The van der Waals surface area contributed by atoms with Gasteiger partial charge in [0, 0.05) is 36.8 Å². The van der Waals surface area contributed by atoms with Crippen molar-refractivity contribution < 1.29 is 9.59 Å². The molecule has 0 aliphatic carbocycles. The Labute approximate surface area is 160 Å². The van der Waals surface area contributed by atoms with Gasteiger partial charge in [0.15, 0.2) is 0 Å².